The number of likely N-dealkylation sites (N-methyl/N-ethyl adjacent to an activating group) is 1. The van der Waals surface area contributed by atoms with Crippen LogP contribution in [-0.4, -0.2) is 66.8 Å². The number of aromatic nitrogens is 2. The van der Waals surface area contributed by atoms with Crippen LogP contribution in [0.25, 0.3) is 0 Å². The second-order valence-electron chi connectivity index (χ2n) is 14.8. The number of ether oxygens (including phenoxy) is 1. The van der Waals surface area contributed by atoms with E-state index in [1.54, 1.807) is 7.11 Å². The molecular weight excluding hydrogens is 574 g/mol. The number of rotatable bonds is 7. The number of amides is 2. The average molecular weight is 622 g/mol. The van der Waals surface area contributed by atoms with E-state index >= 15 is 0 Å². The van der Waals surface area contributed by atoms with Gasteiger partial charge in [-0.25, -0.2) is 9.78 Å². The number of piperazine rings is 1. The molecule has 6 aliphatic rings. The highest BCUT2D eigenvalue weighted by atomic mass is 16.5. The maximum atomic E-state index is 15.0. The Bertz CT molecular complexity index is 1600. The van der Waals surface area contributed by atoms with Gasteiger partial charge in [0.15, 0.2) is 0 Å². The second-order valence-corrected chi connectivity index (χ2v) is 14.8. The lowest BCUT2D eigenvalue weighted by Gasteiger charge is -2.61. The smallest absolute Gasteiger partial charge is 0.331 e. The number of anilines is 5. The van der Waals surface area contributed by atoms with E-state index in [0.717, 1.165) is 84.9 Å². The van der Waals surface area contributed by atoms with Crippen molar-refractivity contribution in [1.82, 2.24) is 14.9 Å². The number of nitrogens with one attached hydrogen (secondary N) is 1. The standard InChI is InChI=1S/C37H47N7O2/c1-24-5-6-29(23-46-4)25(2)33(24)43-22-30-21-38-35(39-31-7-9-32(10-8-31)42-13-11-41(3)12-14-42)40-34(30)44(36(43)45)37-18-26-15-27(19-37)17-28(16-26)20-37/h5-10,21,26-28H,11-20,22-23H2,1-4H3,(H,38,39,40). The molecule has 0 radical (unpaired) electrons. The lowest BCUT2D eigenvalue weighted by atomic mass is 9.52. The van der Waals surface area contributed by atoms with E-state index in [-0.39, 0.29) is 11.6 Å². The molecule has 4 aliphatic carbocycles. The van der Waals surface area contributed by atoms with Crippen LogP contribution in [0.4, 0.5) is 33.6 Å². The van der Waals surface area contributed by atoms with E-state index in [1.807, 2.05) is 11.1 Å². The summed E-state index contributed by atoms with van der Waals surface area (Å²) in [5.74, 6) is 3.42. The van der Waals surface area contributed by atoms with E-state index < -0.39 is 0 Å². The minimum absolute atomic E-state index is 0.0522. The van der Waals surface area contributed by atoms with Gasteiger partial charge in [0.05, 0.1) is 24.4 Å². The van der Waals surface area contributed by atoms with Crippen LogP contribution in [0.5, 0.6) is 0 Å². The van der Waals surface area contributed by atoms with E-state index in [0.29, 0.717) is 36.9 Å². The third-order valence-electron chi connectivity index (χ3n) is 11.6. The fourth-order valence-corrected chi connectivity index (χ4v) is 9.71. The molecule has 5 fully saturated rings. The number of fused-ring (bicyclic) bond motifs is 1. The quantitative estimate of drug-likeness (QED) is 0.317. The molecule has 2 aromatic carbocycles. The van der Waals surface area contributed by atoms with Crippen molar-refractivity contribution in [3.05, 3.63) is 64.8 Å². The Kier molecular flexibility index (Phi) is 7.44. The van der Waals surface area contributed by atoms with E-state index in [1.165, 1.54) is 24.9 Å². The van der Waals surface area contributed by atoms with Crippen molar-refractivity contribution >= 4 is 34.9 Å². The number of aryl methyl sites for hydroxylation is 1. The van der Waals surface area contributed by atoms with Gasteiger partial charge < -0.3 is 19.9 Å². The lowest BCUT2D eigenvalue weighted by molar-refractivity contribution is -0.000910. The van der Waals surface area contributed by atoms with Crippen LogP contribution in [0.15, 0.2) is 42.6 Å². The molecule has 4 saturated carbocycles. The zero-order valence-electron chi connectivity index (χ0n) is 27.8. The van der Waals surface area contributed by atoms with Gasteiger partial charge in [-0.15, -0.1) is 0 Å². The maximum absolute atomic E-state index is 15.0. The number of methoxy groups -OCH3 is 1. The monoisotopic (exact) mass is 621 g/mol. The minimum Gasteiger partial charge on any atom is -0.380 e. The number of carbonyl (C=O) groups is 1. The summed E-state index contributed by atoms with van der Waals surface area (Å²) >= 11 is 0. The Morgan fingerprint density at radius 2 is 1.61 bits per heavy atom. The van der Waals surface area contributed by atoms with Crippen molar-refractivity contribution in [1.29, 1.82) is 0 Å². The predicted octanol–water partition coefficient (Wildman–Crippen LogP) is 6.65. The first-order chi connectivity index (χ1) is 22.3. The molecule has 2 amide bonds. The summed E-state index contributed by atoms with van der Waals surface area (Å²) < 4.78 is 5.52. The van der Waals surface area contributed by atoms with Gasteiger partial charge in [-0.05, 0) is 118 Å². The first-order valence-corrected chi connectivity index (χ1v) is 17.2. The Morgan fingerprint density at radius 3 is 2.26 bits per heavy atom. The van der Waals surface area contributed by atoms with Crippen LogP contribution in [0, 0.1) is 31.6 Å². The molecule has 9 heteroatoms. The van der Waals surface area contributed by atoms with Gasteiger partial charge in [0.2, 0.25) is 5.95 Å². The summed E-state index contributed by atoms with van der Waals surface area (Å²) in [7, 11) is 3.90. The molecule has 46 heavy (non-hydrogen) atoms. The van der Waals surface area contributed by atoms with Crippen LogP contribution in [0.3, 0.4) is 0 Å². The number of carbonyl (C=O) groups excluding carboxylic acids is 1. The Morgan fingerprint density at radius 1 is 0.935 bits per heavy atom. The third-order valence-corrected chi connectivity index (χ3v) is 11.6. The van der Waals surface area contributed by atoms with Crippen molar-refractivity contribution < 1.29 is 9.53 Å². The normalized spacial score (nSPS) is 27.3. The highest BCUT2D eigenvalue weighted by Gasteiger charge is 2.57. The zero-order valence-corrected chi connectivity index (χ0v) is 27.8. The van der Waals surface area contributed by atoms with Gasteiger partial charge in [0, 0.05) is 56.4 Å². The summed E-state index contributed by atoms with van der Waals surface area (Å²) in [5.41, 5.74) is 7.29. The van der Waals surface area contributed by atoms with Gasteiger partial charge in [-0.2, -0.15) is 4.98 Å². The van der Waals surface area contributed by atoms with Gasteiger partial charge >= 0.3 is 6.03 Å². The highest BCUT2D eigenvalue weighted by Crippen LogP contribution is 2.59. The molecule has 4 bridgehead atoms. The van der Waals surface area contributed by atoms with Crippen LogP contribution < -0.4 is 20.0 Å². The molecule has 9 nitrogen and oxygen atoms in total. The van der Waals surface area contributed by atoms with Gasteiger partial charge in [0.25, 0.3) is 0 Å². The molecule has 2 aliphatic heterocycles. The summed E-state index contributed by atoms with van der Waals surface area (Å²) in [4.78, 5) is 33.9. The Labute approximate surface area is 272 Å². The molecule has 1 N–H and O–H groups in total. The molecule has 242 valence electrons. The Hall–Kier alpha value is -3.69. The van der Waals surface area contributed by atoms with Crippen molar-refractivity contribution in [2.24, 2.45) is 17.8 Å². The largest absolute Gasteiger partial charge is 0.380 e. The fraction of sp³-hybridized carbons (Fsp3) is 0.541. The van der Waals surface area contributed by atoms with Gasteiger partial charge in [0.1, 0.15) is 5.82 Å². The number of nitrogens with zero attached hydrogens (tertiary/aromatic N) is 6. The summed E-state index contributed by atoms with van der Waals surface area (Å²) in [5, 5.41) is 3.47. The van der Waals surface area contributed by atoms with Crippen LogP contribution in [-0.2, 0) is 17.9 Å². The molecule has 1 saturated heterocycles. The van der Waals surface area contributed by atoms with Crippen LogP contribution >= 0.6 is 0 Å². The molecular formula is C37H47N7O2. The molecule has 9 rings (SSSR count). The maximum Gasteiger partial charge on any atom is 0.331 e. The van der Waals surface area contributed by atoms with Crippen molar-refractivity contribution in [3.63, 3.8) is 0 Å². The number of benzene rings is 2. The van der Waals surface area contributed by atoms with Crippen molar-refractivity contribution in [2.75, 3.05) is 60.4 Å². The predicted molar refractivity (Wildman–Crippen MR) is 183 cm³/mol. The lowest BCUT2D eigenvalue weighted by Crippen LogP contribution is -2.65. The number of urea groups is 1. The zero-order chi connectivity index (χ0) is 31.6. The summed E-state index contributed by atoms with van der Waals surface area (Å²) in [6, 6.07) is 12.9. The van der Waals surface area contributed by atoms with Crippen LogP contribution in [0.1, 0.15) is 60.8 Å². The van der Waals surface area contributed by atoms with Crippen LogP contribution in [0.2, 0.25) is 0 Å². The minimum atomic E-state index is -0.193. The highest BCUT2D eigenvalue weighted by molar-refractivity contribution is 6.07. The Balaban J connectivity index is 1.15. The molecule has 0 unspecified atom stereocenters. The van der Waals surface area contributed by atoms with E-state index in [4.69, 9.17) is 14.7 Å². The third kappa shape index (κ3) is 5.12. The number of hydrogen-bond acceptors (Lipinski definition) is 7. The van der Waals surface area contributed by atoms with E-state index in [2.05, 4.69) is 77.3 Å². The molecule has 0 atom stereocenters. The average Bonchev–Trinajstić information content (AvgIpc) is 3.03. The van der Waals surface area contributed by atoms with E-state index in [9.17, 15) is 4.79 Å². The van der Waals surface area contributed by atoms with Gasteiger partial charge in [-0.3, -0.25) is 9.80 Å². The molecule has 1 aromatic heterocycles. The second kappa shape index (κ2) is 11.5. The first kappa shape index (κ1) is 29.7. The van der Waals surface area contributed by atoms with Crippen molar-refractivity contribution in [2.45, 2.75) is 71.1 Å². The summed E-state index contributed by atoms with van der Waals surface area (Å²) in [6.07, 6.45) is 9.10. The van der Waals surface area contributed by atoms with Gasteiger partial charge in [-0.1, -0.05) is 12.1 Å². The fourth-order valence-electron chi connectivity index (χ4n) is 9.71. The first-order valence-electron chi connectivity index (χ1n) is 17.2. The molecule has 3 aromatic rings. The molecule has 3 heterocycles. The SMILES string of the molecule is COCc1ccc(C)c(N2Cc3cnc(Nc4ccc(N5CCN(C)CC5)cc4)nc3N(C34CC5CC(CC(C5)C3)C4)C2=O)c1C. The number of hydrogen-bond donors (Lipinski definition) is 1. The van der Waals surface area contributed by atoms with Crippen molar-refractivity contribution in [3.8, 4) is 0 Å². The summed E-state index contributed by atoms with van der Waals surface area (Å²) in [6.45, 7) is 9.44. The molecule has 0 spiro atoms. The topological polar surface area (TPSA) is 77.1 Å².